The molecule has 0 aliphatic carbocycles. The van der Waals surface area contributed by atoms with Crippen molar-refractivity contribution in [1.29, 1.82) is 0 Å². The SMILES string of the molecule is CC(OC(=O)c1ccc(Oc2ccc(Cl)cc2[N+](=O)[O-])cc1)C(=O)Nc1ncccn1. The predicted octanol–water partition coefficient (Wildman–Crippen LogP) is 4.01. The van der Waals surface area contributed by atoms with Crippen molar-refractivity contribution in [2.45, 2.75) is 13.0 Å². The molecule has 0 saturated heterocycles. The van der Waals surface area contributed by atoms with Gasteiger partial charge in [-0.2, -0.15) is 0 Å². The van der Waals surface area contributed by atoms with Crippen LogP contribution in [0.15, 0.2) is 60.9 Å². The van der Waals surface area contributed by atoms with Gasteiger partial charge in [0.2, 0.25) is 11.7 Å². The van der Waals surface area contributed by atoms with Gasteiger partial charge in [-0.05, 0) is 49.4 Å². The van der Waals surface area contributed by atoms with E-state index in [1.54, 1.807) is 6.07 Å². The summed E-state index contributed by atoms with van der Waals surface area (Å²) in [6.45, 7) is 1.41. The highest BCUT2D eigenvalue weighted by atomic mass is 35.5. The lowest BCUT2D eigenvalue weighted by atomic mass is 10.2. The molecule has 11 heteroatoms. The molecule has 0 saturated carbocycles. The second-order valence-electron chi connectivity index (χ2n) is 6.10. The monoisotopic (exact) mass is 442 g/mol. The van der Waals surface area contributed by atoms with Crippen molar-refractivity contribution in [3.8, 4) is 11.5 Å². The molecule has 3 aromatic rings. The number of anilines is 1. The average Bonchev–Trinajstić information content (AvgIpc) is 2.76. The fourth-order valence-corrected chi connectivity index (χ4v) is 2.53. The van der Waals surface area contributed by atoms with Gasteiger partial charge in [0.25, 0.3) is 5.91 Å². The number of carbonyl (C=O) groups is 2. The Balaban J connectivity index is 1.63. The van der Waals surface area contributed by atoms with Crippen molar-refractivity contribution >= 4 is 35.1 Å². The van der Waals surface area contributed by atoms with E-state index in [4.69, 9.17) is 21.1 Å². The first kappa shape index (κ1) is 21.7. The standard InChI is InChI=1S/C20H15ClN4O6/c1-12(18(26)24-20-22-9-2-10-23-20)30-19(27)13-3-6-15(7-4-13)31-17-8-5-14(21)11-16(17)25(28)29/h2-12H,1H3,(H,22,23,24,26). The molecule has 0 spiro atoms. The molecule has 1 amide bonds. The number of ether oxygens (including phenoxy) is 2. The predicted molar refractivity (Wildman–Crippen MR) is 110 cm³/mol. The van der Waals surface area contributed by atoms with E-state index in [0.717, 1.165) is 0 Å². The second-order valence-corrected chi connectivity index (χ2v) is 6.54. The third kappa shape index (κ3) is 5.73. The number of hydrogen-bond acceptors (Lipinski definition) is 8. The largest absolute Gasteiger partial charge is 0.450 e. The Kier molecular flexibility index (Phi) is 6.73. The Morgan fingerprint density at radius 2 is 1.81 bits per heavy atom. The van der Waals surface area contributed by atoms with Crippen molar-refractivity contribution in [3.05, 3.63) is 81.6 Å². The number of rotatable bonds is 7. The molecule has 1 N–H and O–H groups in total. The first-order valence-electron chi connectivity index (χ1n) is 8.84. The van der Waals surface area contributed by atoms with Crippen LogP contribution >= 0.6 is 11.6 Å². The second kappa shape index (κ2) is 9.63. The molecule has 2 aromatic carbocycles. The molecule has 0 fully saturated rings. The molecule has 1 unspecified atom stereocenters. The minimum Gasteiger partial charge on any atom is -0.450 e. The minimum atomic E-state index is -1.09. The Morgan fingerprint density at radius 3 is 2.45 bits per heavy atom. The number of amides is 1. The third-order valence-corrected chi connectivity index (χ3v) is 4.12. The first-order valence-corrected chi connectivity index (χ1v) is 9.22. The first-order chi connectivity index (χ1) is 14.8. The average molecular weight is 443 g/mol. The summed E-state index contributed by atoms with van der Waals surface area (Å²) in [6, 6.07) is 11.3. The number of halogens is 1. The molecule has 10 nitrogen and oxygen atoms in total. The highest BCUT2D eigenvalue weighted by Crippen LogP contribution is 2.33. The summed E-state index contributed by atoms with van der Waals surface area (Å²) in [5.41, 5.74) is -0.133. The van der Waals surface area contributed by atoms with Gasteiger partial charge in [-0.1, -0.05) is 11.6 Å². The van der Waals surface area contributed by atoms with Crippen LogP contribution in [0.25, 0.3) is 0 Å². The summed E-state index contributed by atoms with van der Waals surface area (Å²) in [5.74, 6) is -0.976. The van der Waals surface area contributed by atoms with E-state index < -0.39 is 22.9 Å². The zero-order valence-electron chi connectivity index (χ0n) is 16.0. The normalized spacial score (nSPS) is 11.3. The molecule has 0 radical (unpaired) electrons. The van der Waals surface area contributed by atoms with E-state index >= 15 is 0 Å². The number of benzene rings is 2. The maximum atomic E-state index is 12.3. The zero-order chi connectivity index (χ0) is 22.4. The van der Waals surface area contributed by atoms with Crippen LogP contribution in [-0.4, -0.2) is 32.9 Å². The van der Waals surface area contributed by atoms with Crippen LogP contribution in [-0.2, 0) is 9.53 Å². The molecular weight excluding hydrogens is 428 g/mol. The molecule has 1 atom stereocenters. The summed E-state index contributed by atoms with van der Waals surface area (Å²) < 4.78 is 10.7. The summed E-state index contributed by atoms with van der Waals surface area (Å²) in [5, 5.41) is 13.8. The minimum absolute atomic E-state index is 0.00171. The van der Waals surface area contributed by atoms with Crippen molar-refractivity contribution in [2.75, 3.05) is 5.32 Å². The van der Waals surface area contributed by atoms with Gasteiger partial charge in [0.1, 0.15) is 5.75 Å². The van der Waals surface area contributed by atoms with Crippen LogP contribution < -0.4 is 10.1 Å². The summed E-state index contributed by atoms with van der Waals surface area (Å²) in [6.07, 6.45) is 1.83. The van der Waals surface area contributed by atoms with Gasteiger partial charge in [-0.25, -0.2) is 14.8 Å². The van der Waals surface area contributed by atoms with Gasteiger partial charge < -0.3 is 9.47 Å². The molecule has 31 heavy (non-hydrogen) atoms. The Hall–Kier alpha value is -4.05. The van der Waals surface area contributed by atoms with Gasteiger partial charge in [0, 0.05) is 23.5 Å². The lowest BCUT2D eigenvalue weighted by Gasteiger charge is -2.13. The number of nitrogens with one attached hydrogen (secondary N) is 1. The summed E-state index contributed by atoms with van der Waals surface area (Å²) >= 11 is 5.78. The lowest BCUT2D eigenvalue weighted by Crippen LogP contribution is -2.30. The Morgan fingerprint density at radius 1 is 1.13 bits per heavy atom. The molecule has 0 bridgehead atoms. The van der Waals surface area contributed by atoms with Crippen molar-refractivity contribution in [3.63, 3.8) is 0 Å². The Labute approximate surface area is 181 Å². The number of nitro benzene ring substituents is 1. The van der Waals surface area contributed by atoms with Crippen molar-refractivity contribution in [2.24, 2.45) is 0 Å². The number of hydrogen-bond donors (Lipinski definition) is 1. The van der Waals surface area contributed by atoms with Gasteiger partial charge >= 0.3 is 11.7 Å². The highest BCUT2D eigenvalue weighted by Gasteiger charge is 2.20. The Bertz CT molecular complexity index is 1110. The maximum Gasteiger partial charge on any atom is 0.338 e. The molecule has 1 heterocycles. The molecular formula is C20H15ClN4O6. The number of nitro groups is 1. The smallest absolute Gasteiger partial charge is 0.338 e. The fourth-order valence-electron chi connectivity index (χ4n) is 2.36. The van der Waals surface area contributed by atoms with E-state index in [1.165, 1.54) is 61.8 Å². The van der Waals surface area contributed by atoms with Crippen LogP contribution in [0.2, 0.25) is 5.02 Å². The van der Waals surface area contributed by atoms with E-state index in [1.807, 2.05) is 0 Å². The van der Waals surface area contributed by atoms with Crippen molar-refractivity contribution in [1.82, 2.24) is 9.97 Å². The van der Waals surface area contributed by atoms with E-state index in [2.05, 4.69) is 15.3 Å². The maximum absolute atomic E-state index is 12.3. The summed E-state index contributed by atoms with van der Waals surface area (Å²) in [7, 11) is 0. The molecule has 1 aromatic heterocycles. The number of aromatic nitrogens is 2. The van der Waals surface area contributed by atoms with Crippen LogP contribution in [0.1, 0.15) is 17.3 Å². The molecule has 3 rings (SSSR count). The fraction of sp³-hybridized carbons (Fsp3) is 0.100. The zero-order valence-corrected chi connectivity index (χ0v) is 16.8. The lowest BCUT2D eigenvalue weighted by molar-refractivity contribution is -0.385. The van der Waals surface area contributed by atoms with E-state index in [0.29, 0.717) is 0 Å². The molecule has 158 valence electrons. The van der Waals surface area contributed by atoms with Crippen molar-refractivity contribution < 1.29 is 24.0 Å². The van der Waals surface area contributed by atoms with Crippen LogP contribution in [0, 0.1) is 10.1 Å². The quantitative estimate of drug-likeness (QED) is 0.329. The highest BCUT2D eigenvalue weighted by molar-refractivity contribution is 6.30. The molecule has 0 aliphatic rings. The summed E-state index contributed by atoms with van der Waals surface area (Å²) in [4.78, 5) is 42.6. The molecule has 0 aliphatic heterocycles. The van der Waals surface area contributed by atoms with Crippen LogP contribution in [0.3, 0.4) is 0 Å². The third-order valence-electron chi connectivity index (χ3n) is 3.89. The van der Waals surface area contributed by atoms with Gasteiger partial charge in [0.15, 0.2) is 6.10 Å². The number of nitrogens with zero attached hydrogens (tertiary/aromatic N) is 3. The van der Waals surface area contributed by atoms with Gasteiger partial charge in [0.05, 0.1) is 10.5 Å². The van der Waals surface area contributed by atoms with Crippen LogP contribution in [0.5, 0.6) is 11.5 Å². The van der Waals surface area contributed by atoms with E-state index in [9.17, 15) is 19.7 Å². The van der Waals surface area contributed by atoms with Crippen LogP contribution in [0.4, 0.5) is 11.6 Å². The number of carbonyl (C=O) groups excluding carboxylic acids is 2. The van der Waals surface area contributed by atoms with E-state index in [-0.39, 0.29) is 33.7 Å². The van der Waals surface area contributed by atoms with Gasteiger partial charge in [-0.3, -0.25) is 20.2 Å². The number of esters is 1. The topological polar surface area (TPSA) is 134 Å². The van der Waals surface area contributed by atoms with Gasteiger partial charge in [-0.15, -0.1) is 0 Å².